The Kier molecular flexibility index (Phi) is 6.22. The molecule has 0 aliphatic rings. The van der Waals surface area contributed by atoms with Crippen molar-refractivity contribution in [2.75, 3.05) is 13.7 Å². The van der Waals surface area contributed by atoms with Crippen LogP contribution in [0.15, 0.2) is 28.7 Å². The SMILES string of the molecule is CCC(CNCc1ccc(Br)cc1)C(=O)OC. The van der Waals surface area contributed by atoms with Crippen molar-refractivity contribution < 1.29 is 9.53 Å². The zero-order valence-electron chi connectivity index (χ0n) is 10.2. The van der Waals surface area contributed by atoms with Gasteiger partial charge in [0.15, 0.2) is 0 Å². The van der Waals surface area contributed by atoms with Crippen LogP contribution >= 0.6 is 15.9 Å². The molecule has 1 unspecified atom stereocenters. The Hall–Kier alpha value is -0.870. The average Bonchev–Trinajstić information content (AvgIpc) is 2.36. The summed E-state index contributed by atoms with van der Waals surface area (Å²) in [6.07, 6.45) is 0.792. The number of carbonyl (C=O) groups excluding carboxylic acids is 1. The van der Waals surface area contributed by atoms with Gasteiger partial charge in [0.25, 0.3) is 0 Å². The number of hydrogen-bond acceptors (Lipinski definition) is 3. The van der Waals surface area contributed by atoms with E-state index in [9.17, 15) is 4.79 Å². The van der Waals surface area contributed by atoms with Gasteiger partial charge in [-0.2, -0.15) is 0 Å². The summed E-state index contributed by atoms with van der Waals surface area (Å²) < 4.78 is 5.81. The first-order chi connectivity index (χ1) is 8.17. The third-order valence-corrected chi connectivity index (χ3v) is 3.19. The number of methoxy groups -OCH3 is 1. The molecule has 0 fully saturated rings. The van der Waals surface area contributed by atoms with Gasteiger partial charge in [0.1, 0.15) is 0 Å². The van der Waals surface area contributed by atoms with Crippen LogP contribution in [0.2, 0.25) is 0 Å². The van der Waals surface area contributed by atoms with Crippen LogP contribution in [-0.4, -0.2) is 19.6 Å². The molecule has 1 rings (SSSR count). The van der Waals surface area contributed by atoms with E-state index in [1.165, 1.54) is 12.7 Å². The maximum absolute atomic E-state index is 11.4. The van der Waals surface area contributed by atoms with Gasteiger partial charge in [-0.1, -0.05) is 35.0 Å². The minimum absolute atomic E-state index is 0.0598. The molecule has 0 bridgehead atoms. The topological polar surface area (TPSA) is 38.3 Å². The number of hydrogen-bond donors (Lipinski definition) is 1. The van der Waals surface area contributed by atoms with Crippen LogP contribution in [0.25, 0.3) is 0 Å². The van der Waals surface area contributed by atoms with E-state index in [4.69, 9.17) is 4.74 Å². The lowest BCUT2D eigenvalue weighted by Gasteiger charge is -2.13. The van der Waals surface area contributed by atoms with E-state index in [2.05, 4.69) is 33.4 Å². The predicted octanol–water partition coefficient (Wildman–Crippen LogP) is 2.74. The minimum atomic E-state index is -0.143. The molecule has 0 aliphatic carbocycles. The highest BCUT2D eigenvalue weighted by atomic mass is 79.9. The van der Waals surface area contributed by atoms with Crippen LogP contribution < -0.4 is 5.32 Å². The number of halogens is 1. The van der Waals surface area contributed by atoms with Gasteiger partial charge in [0.2, 0.25) is 0 Å². The van der Waals surface area contributed by atoms with Crippen LogP contribution in [0.4, 0.5) is 0 Å². The van der Waals surface area contributed by atoms with Crippen LogP contribution in [-0.2, 0) is 16.1 Å². The lowest BCUT2D eigenvalue weighted by Crippen LogP contribution is -2.28. The molecule has 0 radical (unpaired) electrons. The molecule has 0 spiro atoms. The molecule has 1 N–H and O–H groups in total. The fourth-order valence-corrected chi connectivity index (χ4v) is 1.82. The van der Waals surface area contributed by atoms with E-state index in [0.29, 0.717) is 6.54 Å². The summed E-state index contributed by atoms with van der Waals surface area (Å²) in [7, 11) is 1.43. The predicted molar refractivity (Wildman–Crippen MR) is 71.6 cm³/mol. The van der Waals surface area contributed by atoms with Crippen molar-refractivity contribution in [3.63, 3.8) is 0 Å². The summed E-state index contributed by atoms with van der Waals surface area (Å²) in [4.78, 5) is 11.4. The summed E-state index contributed by atoms with van der Waals surface area (Å²) in [5, 5.41) is 3.27. The number of ether oxygens (including phenoxy) is 1. The van der Waals surface area contributed by atoms with E-state index >= 15 is 0 Å². The van der Waals surface area contributed by atoms with Gasteiger partial charge in [-0.25, -0.2) is 0 Å². The van der Waals surface area contributed by atoms with Crippen molar-refractivity contribution >= 4 is 21.9 Å². The first-order valence-corrected chi connectivity index (χ1v) is 6.49. The van der Waals surface area contributed by atoms with Gasteiger partial charge < -0.3 is 10.1 Å². The largest absolute Gasteiger partial charge is 0.469 e. The molecule has 94 valence electrons. The highest BCUT2D eigenvalue weighted by molar-refractivity contribution is 9.10. The van der Waals surface area contributed by atoms with Crippen molar-refractivity contribution in [1.82, 2.24) is 5.32 Å². The average molecular weight is 300 g/mol. The van der Waals surface area contributed by atoms with Gasteiger partial charge in [-0.05, 0) is 24.1 Å². The van der Waals surface area contributed by atoms with Crippen LogP contribution in [0.5, 0.6) is 0 Å². The molecule has 1 aromatic carbocycles. The van der Waals surface area contributed by atoms with E-state index < -0.39 is 0 Å². The molecule has 0 saturated heterocycles. The van der Waals surface area contributed by atoms with E-state index in [0.717, 1.165) is 17.4 Å². The Morgan fingerprint density at radius 3 is 2.59 bits per heavy atom. The van der Waals surface area contributed by atoms with E-state index in [1.54, 1.807) is 0 Å². The zero-order chi connectivity index (χ0) is 12.7. The Morgan fingerprint density at radius 1 is 1.41 bits per heavy atom. The van der Waals surface area contributed by atoms with Gasteiger partial charge in [0, 0.05) is 17.6 Å². The van der Waals surface area contributed by atoms with Gasteiger partial charge in [0.05, 0.1) is 13.0 Å². The number of nitrogens with one attached hydrogen (secondary N) is 1. The van der Waals surface area contributed by atoms with Crippen molar-refractivity contribution in [2.45, 2.75) is 19.9 Å². The molecular formula is C13H18BrNO2. The fourth-order valence-electron chi connectivity index (χ4n) is 1.55. The van der Waals surface area contributed by atoms with Gasteiger partial charge in [-0.3, -0.25) is 4.79 Å². The van der Waals surface area contributed by atoms with Crippen LogP contribution in [0.3, 0.4) is 0 Å². The first-order valence-electron chi connectivity index (χ1n) is 5.70. The lowest BCUT2D eigenvalue weighted by molar-refractivity contribution is -0.145. The quantitative estimate of drug-likeness (QED) is 0.821. The van der Waals surface area contributed by atoms with Crippen molar-refractivity contribution in [3.8, 4) is 0 Å². The maximum atomic E-state index is 11.4. The summed E-state index contributed by atoms with van der Waals surface area (Å²) in [6, 6.07) is 8.12. The summed E-state index contributed by atoms with van der Waals surface area (Å²) in [6.45, 7) is 3.41. The van der Waals surface area contributed by atoms with E-state index in [1.807, 2.05) is 19.1 Å². The van der Waals surface area contributed by atoms with Crippen LogP contribution in [0, 0.1) is 5.92 Å². The van der Waals surface area contributed by atoms with Gasteiger partial charge in [-0.15, -0.1) is 0 Å². The summed E-state index contributed by atoms with van der Waals surface area (Å²) in [5.41, 5.74) is 1.20. The molecule has 17 heavy (non-hydrogen) atoms. The Labute approximate surface area is 111 Å². The number of rotatable bonds is 6. The highest BCUT2D eigenvalue weighted by Gasteiger charge is 2.15. The monoisotopic (exact) mass is 299 g/mol. The molecule has 0 aliphatic heterocycles. The standard InChI is InChI=1S/C13H18BrNO2/c1-3-11(13(16)17-2)9-15-8-10-4-6-12(14)7-5-10/h4-7,11,15H,3,8-9H2,1-2H3. The minimum Gasteiger partial charge on any atom is -0.469 e. The second-order valence-corrected chi connectivity index (χ2v) is 4.80. The Bertz CT molecular complexity index is 351. The summed E-state index contributed by atoms with van der Waals surface area (Å²) in [5.74, 6) is -0.203. The molecule has 1 atom stereocenters. The van der Waals surface area contributed by atoms with Crippen molar-refractivity contribution in [2.24, 2.45) is 5.92 Å². The molecule has 3 nitrogen and oxygen atoms in total. The molecule has 0 heterocycles. The maximum Gasteiger partial charge on any atom is 0.309 e. The van der Waals surface area contributed by atoms with Crippen molar-refractivity contribution in [3.05, 3.63) is 34.3 Å². The molecule has 0 saturated carbocycles. The first kappa shape index (κ1) is 14.2. The smallest absolute Gasteiger partial charge is 0.309 e. The second kappa shape index (κ2) is 7.45. The molecule has 4 heteroatoms. The molecule has 1 aromatic rings. The number of esters is 1. The molecule has 0 aromatic heterocycles. The number of carbonyl (C=O) groups is 1. The fraction of sp³-hybridized carbons (Fsp3) is 0.462. The van der Waals surface area contributed by atoms with E-state index in [-0.39, 0.29) is 11.9 Å². The Morgan fingerprint density at radius 2 is 2.06 bits per heavy atom. The zero-order valence-corrected chi connectivity index (χ0v) is 11.8. The normalized spacial score (nSPS) is 12.2. The third-order valence-electron chi connectivity index (χ3n) is 2.66. The van der Waals surface area contributed by atoms with Crippen LogP contribution in [0.1, 0.15) is 18.9 Å². The second-order valence-electron chi connectivity index (χ2n) is 3.89. The van der Waals surface area contributed by atoms with Gasteiger partial charge >= 0.3 is 5.97 Å². The Balaban J connectivity index is 2.36. The number of benzene rings is 1. The highest BCUT2D eigenvalue weighted by Crippen LogP contribution is 2.10. The molecule has 0 amide bonds. The molecular weight excluding hydrogens is 282 g/mol. The lowest BCUT2D eigenvalue weighted by atomic mass is 10.1. The van der Waals surface area contributed by atoms with Crippen molar-refractivity contribution in [1.29, 1.82) is 0 Å². The summed E-state index contributed by atoms with van der Waals surface area (Å²) >= 11 is 3.39. The third kappa shape index (κ3) is 4.88.